The third kappa shape index (κ3) is 3.93. The van der Waals surface area contributed by atoms with E-state index in [9.17, 15) is 8.42 Å². The quantitative estimate of drug-likeness (QED) is 0.696. The third-order valence-corrected chi connectivity index (χ3v) is 7.82. The van der Waals surface area contributed by atoms with E-state index in [0.29, 0.717) is 11.6 Å². The first-order chi connectivity index (χ1) is 13.0. The van der Waals surface area contributed by atoms with Gasteiger partial charge in [0, 0.05) is 23.2 Å². The number of rotatable bonds is 6. The minimum absolute atomic E-state index is 0.263. The molecule has 2 aliphatic rings. The molecule has 1 saturated heterocycles. The summed E-state index contributed by atoms with van der Waals surface area (Å²) in [6.45, 7) is 5.91. The third-order valence-electron chi connectivity index (χ3n) is 5.90. The summed E-state index contributed by atoms with van der Waals surface area (Å²) in [5.41, 5.74) is 1.94. The highest BCUT2D eigenvalue weighted by atomic mass is 79.9. The number of nitrogens with zero attached hydrogens (tertiary/aromatic N) is 1. The van der Waals surface area contributed by atoms with Crippen LogP contribution in [-0.4, -0.2) is 33.0 Å². The van der Waals surface area contributed by atoms with Crippen molar-refractivity contribution in [1.29, 1.82) is 0 Å². The molecule has 1 aliphatic carbocycles. The van der Waals surface area contributed by atoms with Gasteiger partial charge in [-0.2, -0.15) is 0 Å². The predicted molar refractivity (Wildman–Crippen MR) is 112 cm³/mol. The largest absolute Gasteiger partial charge is 0.303 e. The van der Waals surface area contributed by atoms with Crippen molar-refractivity contribution in [3.63, 3.8) is 0 Å². The van der Waals surface area contributed by atoms with Crippen LogP contribution in [0.25, 0.3) is 0 Å². The summed E-state index contributed by atoms with van der Waals surface area (Å²) < 4.78 is 28.6. The summed E-state index contributed by atoms with van der Waals surface area (Å²) in [5.74, 6) is 2.23. The first kappa shape index (κ1) is 19.0. The second kappa shape index (κ2) is 7.57. The summed E-state index contributed by atoms with van der Waals surface area (Å²) in [6, 6.07) is 14.6. The topological polar surface area (TPSA) is 49.4 Å². The molecule has 2 fully saturated rings. The van der Waals surface area contributed by atoms with Crippen LogP contribution in [0.15, 0.2) is 57.9 Å². The molecule has 1 saturated carbocycles. The number of fused-ring (bicyclic) bond motifs is 1. The Morgan fingerprint density at radius 1 is 1.07 bits per heavy atom. The fraction of sp³-hybridized carbons (Fsp3) is 0.429. The molecule has 3 atom stereocenters. The standard InChI is InChI=1S/C21H25BrN2O2S/c1-2-11-24-13-16-12-20(21(16)14-24)15-3-7-18(8-4-15)23-27(25,26)19-9-5-17(22)6-10-19/h3-10,16,20-21,23H,2,11-14H2,1H3. The van der Waals surface area contributed by atoms with Gasteiger partial charge in [-0.3, -0.25) is 4.72 Å². The van der Waals surface area contributed by atoms with E-state index in [-0.39, 0.29) is 4.90 Å². The molecule has 1 N–H and O–H groups in total. The molecule has 1 heterocycles. The Kier molecular flexibility index (Phi) is 5.32. The Balaban J connectivity index is 1.42. The molecule has 2 aromatic rings. The Labute approximate surface area is 170 Å². The molecular weight excluding hydrogens is 424 g/mol. The molecule has 4 nitrogen and oxygen atoms in total. The number of hydrogen-bond acceptors (Lipinski definition) is 3. The van der Waals surface area contributed by atoms with Crippen molar-refractivity contribution in [3.8, 4) is 0 Å². The van der Waals surface area contributed by atoms with Crippen LogP contribution in [-0.2, 0) is 10.0 Å². The zero-order valence-corrected chi connectivity index (χ0v) is 17.8. The number of likely N-dealkylation sites (tertiary alicyclic amines) is 1. The van der Waals surface area contributed by atoms with Crippen LogP contribution in [0.5, 0.6) is 0 Å². The van der Waals surface area contributed by atoms with Crippen molar-refractivity contribution in [2.45, 2.75) is 30.6 Å². The predicted octanol–water partition coefficient (Wildman–Crippen LogP) is 4.70. The minimum atomic E-state index is -3.56. The fourth-order valence-corrected chi connectivity index (χ4v) is 5.83. The average Bonchev–Trinajstić information content (AvgIpc) is 2.93. The lowest BCUT2D eigenvalue weighted by Gasteiger charge is -2.40. The molecule has 27 heavy (non-hydrogen) atoms. The van der Waals surface area contributed by atoms with Gasteiger partial charge in [0.2, 0.25) is 0 Å². The van der Waals surface area contributed by atoms with Gasteiger partial charge < -0.3 is 4.90 Å². The summed E-state index contributed by atoms with van der Waals surface area (Å²) in [4.78, 5) is 2.86. The fourth-order valence-electron chi connectivity index (χ4n) is 4.51. The van der Waals surface area contributed by atoms with Crippen LogP contribution in [0, 0.1) is 11.8 Å². The maximum atomic E-state index is 12.5. The van der Waals surface area contributed by atoms with E-state index in [0.717, 1.165) is 16.3 Å². The lowest BCUT2D eigenvalue weighted by molar-refractivity contribution is 0.191. The molecule has 4 rings (SSSR count). The number of benzene rings is 2. The van der Waals surface area contributed by atoms with E-state index in [1.807, 2.05) is 12.1 Å². The SMILES string of the molecule is CCCN1CC2CC(c3ccc(NS(=O)(=O)c4ccc(Br)cc4)cc3)C2C1. The molecule has 0 aromatic heterocycles. The molecule has 0 amide bonds. The van der Waals surface area contributed by atoms with Gasteiger partial charge in [-0.25, -0.2) is 8.42 Å². The molecule has 0 radical (unpaired) electrons. The van der Waals surface area contributed by atoms with Crippen molar-refractivity contribution >= 4 is 31.6 Å². The van der Waals surface area contributed by atoms with Crippen molar-refractivity contribution in [2.24, 2.45) is 11.8 Å². The first-order valence-electron chi connectivity index (χ1n) is 9.57. The Hall–Kier alpha value is -1.37. The smallest absolute Gasteiger partial charge is 0.261 e. The Morgan fingerprint density at radius 2 is 1.78 bits per heavy atom. The van der Waals surface area contributed by atoms with Gasteiger partial charge in [0.05, 0.1) is 4.90 Å². The van der Waals surface area contributed by atoms with Crippen LogP contribution in [0.1, 0.15) is 31.2 Å². The van der Waals surface area contributed by atoms with Gasteiger partial charge >= 0.3 is 0 Å². The van der Waals surface area contributed by atoms with Crippen LogP contribution >= 0.6 is 15.9 Å². The molecule has 0 spiro atoms. The number of anilines is 1. The lowest BCUT2D eigenvalue weighted by atomic mass is 9.64. The molecule has 0 bridgehead atoms. The van der Waals surface area contributed by atoms with Crippen LogP contribution in [0.2, 0.25) is 0 Å². The van der Waals surface area contributed by atoms with Gasteiger partial charge in [0.15, 0.2) is 0 Å². The van der Waals surface area contributed by atoms with Gasteiger partial charge in [-0.15, -0.1) is 0 Å². The second-order valence-electron chi connectivity index (χ2n) is 7.71. The van der Waals surface area contributed by atoms with E-state index in [4.69, 9.17) is 0 Å². The Bertz CT molecular complexity index is 897. The van der Waals surface area contributed by atoms with Gasteiger partial charge in [-0.1, -0.05) is 35.0 Å². The normalized spacial score (nSPS) is 25.0. The molecule has 6 heteroatoms. The monoisotopic (exact) mass is 448 g/mol. The van der Waals surface area contributed by atoms with Crippen LogP contribution < -0.4 is 4.72 Å². The molecular formula is C21H25BrN2O2S. The summed E-state index contributed by atoms with van der Waals surface area (Å²) in [6.07, 6.45) is 2.48. The van der Waals surface area contributed by atoms with Crippen molar-refractivity contribution < 1.29 is 8.42 Å². The van der Waals surface area contributed by atoms with E-state index < -0.39 is 10.0 Å². The maximum absolute atomic E-state index is 12.5. The first-order valence-corrected chi connectivity index (χ1v) is 11.8. The van der Waals surface area contributed by atoms with Crippen LogP contribution in [0.3, 0.4) is 0 Å². The molecule has 1 aliphatic heterocycles. The highest BCUT2D eigenvalue weighted by Gasteiger charge is 2.46. The average molecular weight is 449 g/mol. The van der Waals surface area contributed by atoms with Gasteiger partial charge in [-0.05, 0) is 79.1 Å². The van der Waals surface area contributed by atoms with E-state index in [1.54, 1.807) is 24.3 Å². The maximum Gasteiger partial charge on any atom is 0.261 e. The van der Waals surface area contributed by atoms with E-state index >= 15 is 0 Å². The van der Waals surface area contributed by atoms with Crippen LogP contribution in [0.4, 0.5) is 5.69 Å². The summed E-state index contributed by atoms with van der Waals surface area (Å²) in [5, 5.41) is 0. The Morgan fingerprint density at radius 3 is 2.44 bits per heavy atom. The summed E-state index contributed by atoms with van der Waals surface area (Å²) in [7, 11) is -3.56. The zero-order valence-electron chi connectivity index (χ0n) is 15.4. The highest BCUT2D eigenvalue weighted by Crippen LogP contribution is 2.51. The number of sulfonamides is 1. The zero-order chi connectivity index (χ0) is 19.0. The number of hydrogen-bond donors (Lipinski definition) is 1. The molecule has 3 unspecified atom stereocenters. The number of halogens is 1. The van der Waals surface area contributed by atoms with E-state index in [1.165, 1.54) is 38.0 Å². The number of nitrogens with one attached hydrogen (secondary N) is 1. The van der Waals surface area contributed by atoms with Gasteiger partial charge in [0.1, 0.15) is 0 Å². The minimum Gasteiger partial charge on any atom is -0.303 e. The summed E-state index contributed by atoms with van der Waals surface area (Å²) >= 11 is 3.33. The van der Waals surface area contributed by atoms with Gasteiger partial charge in [0.25, 0.3) is 10.0 Å². The highest BCUT2D eigenvalue weighted by molar-refractivity contribution is 9.10. The molecule has 2 aromatic carbocycles. The molecule has 144 valence electrons. The van der Waals surface area contributed by atoms with Crippen molar-refractivity contribution in [2.75, 3.05) is 24.4 Å². The lowest BCUT2D eigenvalue weighted by Crippen LogP contribution is -2.33. The van der Waals surface area contributed by atoms with Crippen molar-refractivity contribution in [3.05, 3.63) is 58.6 Å². The van der Waals surface area contributed by atoms with E-state index in [2.05, 4.69) is 44.6 Å². The second-order valence-corrected chi connectivity index (χ2v) is 10.3. The van der Waals surface area contributed by atoms with Crippen molar-refractivity contribution in [1.82, 2.24) is 4.90 Å².